The number of hydrogen-bond acceptors (Lipinski definition) is 3. The molecule has 5 heteroatoms. The molecule has 274 valence electrons. The molecule has 0 saturated heterocycles. The topological polar surface area (TPSA) is 35.1 Å². The van der Waals surface area contributed by atoms with Gasteiger partial charge in [0, 0.05) is 52.8 Å². The van der Waals surface area contributed by atoms with Gasteiger partial charge in [0.1, 0.15) is 5.69 Å². The van der Waals surface area contributed by atoms with Gasteiger partial charge in [0.2, 0.25) is 0 Å². The molecule has 0 saturated carbocycles. The van der Waals surface area contributed by atoms with Crippen LogP contribution < -0.4 is 0 Å². The van der Waals surface area contributed by atoms with Crippen LogP contribution in [0.25, 0.3) is 126 Å². The molecule has 59 heavy (non-hydrogen) atoms. The van der Waals surface area contributed by atoms with E-state index in [0.29, 0.717) is 0 Å². The summed E-state index contributed by atoms with van der Waals surface area (Å²) in [6.07, 6.45) is 6.81. The van der Waals surface area contributed by atoms with Crippen molar-refractivity contribution in [3.05, 3.63) is 174 Å². The van der Waals surface area contributed by atoms with E-state index in [9.17, 15) is 0 Å². The molecule has 0 fully saturated rings. The van der Waals surface area contributed by atoms with Crippen LogP contribution in [0.4, 0.5) is 0 Å². The maximum Gasteiger partial charge on any atom is 0.165 e. The largest absolute Gasteiger partial charge is 0.308 e. The number of aryl methyl sites for hydroxylation is 1. The van der Waals surface area contributed by atoms with Gasteiger partial charge in [0.05, 0.1) is 38.6 Å². The van der Waals surface area contributed by atoms with Crippen LogP contribution in [0, 0.1) is 0 Å². The van der Waals surface area contributed by atoms with E-state index in [2.05, 4.69) is 179 Å². The lowest BCUT2D eigenvalue weighted by Crippen LogP contribution is -2.04. The first-order valence-corrected chi connectivity index (χ1v) is 21.2. The molecule has 5 heterocycles. The molecule has 0 aliphatic heterocycles. The molecule has 8 aromatic carbocycles. The van der Waals surface area contributed by atoms with E-state index in [4.69, 9.17) is 9.97 Å². The summed E-state index contributed by atoms with van der Waals surface area (Å²) in [4.78, 5) is 12.8. The van der Waals surface area contributed by atoms with Crippen LogP contribution in [0.3, 0.4) is 0 Å². The Balaban J connectivity index is 1.14. The third kappa shape index (κ3) is 4.27. The fraction of sp³-hybridized carbons (Fsp3) is 0.0370. The van der Waals surface area contributed by atoms with Crippen molar-refractivity contribution in [1.29, 1.82) is 0 Å². The van der Waals surface area contributed by atoms with Gasteiger partial charge < -0.3 is 4.40 Å². The van der Waals surface area contributed by atoms with Gasteiger partial charge in [-0.3, -0.25) is 4.57 Å². The monoisotopic (exact) mass is 768 g/mol. The van der Waals surface area contributed by atoms with Gasteiger partial charge in [-0.05, 0) is 76.7 Å². The van der Waals surface area contributed by atoms with E-state index in [-0.39, 0.29) is 0 Å². The Morgan fingerprint density at radius 1 is 0.492 bits per heavy atom. The smallest absolute Gasteiger partial charge is 0.165 e. The van der Waals surface area contributed by atoms with Gasteiger partial charge in [-0.15, -0.1) is 11.3 Å². The van der Waals surface area contributed by atoms with Crippen molar-refractivity contribution < 1.29 is 0 Å². The highest BCUT2D eigenvalue weighted by molar-refractivity contribution is 7.19. The highest BCUT2D eigenvalue weighted by Gasteiger charge is 2.26. The van der Waals surface area contributed by atoms with Crippen molar-refractivity contribution in [2.24, 2.45) is 0 Å². The second-order valence-electron chi connectivity index (χ2n) is 16.0. The minimum Gasteiger partial charge on any atom is -0.308 e. The third-order valence-electron chi connectivity index (χ3n) is 12.9. The molecule has 14 rings (SSSR count). The fourth-order valence-electron chi connectivity index (χ4n) is 10.3. The average molecular weight is 769 g/mol. The van der Waals surface area contributed by atoms with Crippen LogP contribution >= 0.6 is 11.3 Å². The number of allylic oxidation sites excluding steroid dienone is 1. The Labute approximate surface area is 341 Å². The number of hydrogen-bond donors (Lipinski definition) is 0. The third-order valence-corrected chi connectivity index (χ3v) is 14.1. The Bertz CT molecular complexity index is 3960. The van der Waals surface area contributed by atoms with Crippen molar-refractivity contribution in [3.8, 4) is 28.2 Å². The number of nitrogens with zero attached hydrogens (tertiary/aromatic N) is 4. The lowest BCUT2D eigenvalue weighted by atomic mass is 10.0. The summed E-state index contributed by atoms with van der Waals surface area (Å²) < 4.78 is 6.20. The summed E-state index contributed by atoms with van der Waals surface area (Å²) in [5.41, 5.74) is 13.3. The lowest BCUT2D eigenvalue weighted by molar-refractivity contribution is 1.02. The predicted molar refractivity (Wildman–Crippen MR) is 250 cm³/mol. The lowest BCUT2D eigenvalue weighted by Gasteiger charge is -2.15. The molecule has 0 bridgehead atoms. The van der Waals surface area contributed by atoms with Gasteiger partial charge in [0.15, 0.2) is 5.82 Å². The zero-order chi connectivity index (χ0) is 38.3. The maximum atomic E-state index is 5.67. The first-order valence-electron chi connectivity index (χ1n) is 20.4. The van der Waals surface area contributed by atoms with E-state index in [1.54, 1.807) is 0 Å². The van der Waals surface area contributed by atoms with Crippen molar-refractivity contribution in [2.45, 2.75) is 12.8 Å². The summed E-state index contributed by atoms with van der Waals surface area (Å²) in [5.74, 6) is 0.836. The molecule has 0 spiro atoms. The first kappa shape index (κ1) is 31.7. The zero-order valence-electron chi connectivity index (χ0n) is 31.8. The summed E-state index contributed by atoms with van der Waals surface area (Å²) in [7, 11) is 0. The van der Waals surface area contributed by atoms with E-state index in [1.807, 2.05) is 11.3 Å². The molecule has 0 amide bonds. The molecule has 0 radical (unpaired) electrons. The Hall–Kier alpha value is -7.34. The van der Waals surface area contributed by atoms with Gasteiger partial charge >= 0.3 is 0 Å². The molecular weight excluding hydrogens is 737 g/mol. The standard InChI is InChI=1S/C54H32N4S/c1-2-11-31(12-3-1)33-23-26-42-43(29-33)55-51(34-22-24-38-37-16-7-9-20-47(37)59-48(38)30-34)54(56-42)58-46-28-27-45-49(50(46)41-25-21-32-13-4-5-14-35(32)52(41)58)40-18-10-17-39-36-15-6-8-19-44(36)57(45)53(39)40/h1-8,10-19,21-30H,9,20H2. The van der Waals surface area contributed by atoms with Crippen LogP contribution in [0.15, 0.2) is 164 Å². The summed E-state index contributed by atoms with van der Waals surface area (Å²) in [5, 5.41) is 11.3. The number of thiophene rings is 1. The minimum absolute atomic E-state index is 0.836. The molecular formula is C54H32N4S. The molecule has 0 atom stereocenters. The highest BCUT2D eigenvalue weighted by atomic mass is 32.1. The van der Waals surface area contributed by atoms with Gasteiger partial charge in [0.25, 0.3) is 0 Å². The second kappa shape index (κ2) is 11.6. The molecule has 4 nitrogen and oxygen atoms in total. The number of rotatable bonds is 3. The van der Waals surface area contributed by atoms with E-state index in [0.717, 1.165) is 63.1 Å². The highest BCUT2D eigenvalue weighted by Crippen LogP contribution is 2.47. The van der Waals surface area contributed by atoms with Crippen molar-refractivity contribution in [2.75, 3.05) is 0 Å². The van der Waals surface area contributed by atoms with Crippen molar-refractivity contribution >= 4 is 109 Å². The number of aromatic nitrogens is 4. The molecule has 1 aliphatic carbocycles. The minimum atomic E-state index is 0.836. The summed E-state index contributed by atoms with van der Waals surface area (Å²) >= 11 is 1.92. The van der Waals surface area contributed by atoms with E-state index in [1.165, 1.54) is 80.2 Å². The molecule has 0 N–H and O–H groups in total. The van der Waals surface area contributed by atoms with Crippen LogP contribution in [0.1, 0.15) is 16.9 Å². The average Bonchev–Trinajstić information content (AvgIpc) is 4.04. The molecule has 1 aliphatic rings. The van der Waals surface area contributed by atoms with Crippen LogP contribution in [-0.4, -0.2) is 18.9 Å². The van der Waals surface area contributed by atoms with Crippen molar-refractivity contribution in [1.82, 2.24) is 18.9 Å². The molecule has 13 aromatic rings. The molecule has 5 aromatic heterocycles. The van der Waals surface area contributed by atoms with E-state index < -0.39 is 0 Å². The van der Waals surface area contributed by atoms with Crippen LogP contribution in [0.2, 0.25) is 0 Å². The zero-order valence-corrected chi connectivity index (χ0v) is 32.6. The first-order chi connectivity index (χ1) is 29.3. The Morgan fingerprint density at radius 2 is 1.25 bits per heavy atom. The van der Waals surface area contributed by atoms with Crippen LogP contribution in [-0.2, 0) is 6.42 Å². The summed E-state index contributed by atoms with van der Waals surface area (Å²) in [6, 6.07) is 57.7. The number of para-hydroxylation sites is 2. The van der Waals surface area contributed by atoms with Crippen LogP contribution in [0.5, 0.6) is 0 Å². The molecule has 0 unspecified atom stereocenters. The van der Waals surface area contributed by atoms with Gasteiger partial charge in [-0.1, -0.05) is 133 Å². The normalized spacial score (nSPS) is 13.2. The SMILES string of the molecule is C1=Cc2c(sc3cc(-c4nc5cc(-c6ccccc6)ccc5nc4-n4c5ccc6c(c7cccc8c9ccccc9n6c87)c5c5ccc6ccccc6c54)ccc23)CC1. The number of benzene rings is 8. The Kier molecular flexibility index (Phi) is 6.25. The Morgan fingerprint density at radius 3 is 2.20 bits per heavy atom. The van der Waals surface area contributed by atoms with E-state index >= 15 is 0 Å². The summed E-state index contributed by atoms with van der Waals surface area (Å²) in [6.45, 7) is 0. The maximum absolute atomic E-state index is 5.67. The second-order valence-corrected chi connectivity index (χ2v) is 17.1. The van der Waals surface area contributed by atoms with Gasteiger partial charge in [-0.2, -0.15) is 0 Å². The van der Waals surface area contributed by atoms with Gasteiger partial charge in [-0.25, -0.2) is 9.97 Å². The quantitative estimate of drug-likeness (QED) is 0.179. The van der Waals surface area contributed by atoms with Crippen molar-refractivity contribution in [3.63, 3.8) is 0 Å². The fourth-order valence-corrected chi connectivity index (χ4v) is 11.6. The predicted octanol–water partition coefficient (Wildman–Crippen LogP) is 14.5. The number of fused-ring (bicyclic) bond motifs is 16.